The summed E-state index contributed by atoms with van der Waals surface area (Å²) in [7, 11) is 1.32. The lowest BCUT2D eigenvalue weighted by Crippen LogP contribution is -2.23. The van der Waals surface area contributed by atoms with Crippen LogP contribution in [-0.4, -0.2) is 41.2 Å². The van der Waals surface area contributed by atoms with E-state index in [1.165, 1.54) is 7.11 Å². The SMILES string of the molecule is COC(=O)c1ccc2c(c1)c(C(=O)C(C)C)cn2CC(O)COc1ccc(Oc2ccccc2)cc1. The number of carbonyl (C=O) groups is 2. The number of carbonyl (C=O) groups excluding carboxylic acids is 2. The van der Waals surface area contributed by atoms with Gasteiger partial charge in [0.05, 0.1) is 19.2 Å². The maximum Gasteiger partial charge on any atom is 0.337 e. The van der Waals surface area contributed by atoms with Crippen molar-refractivity contribution in [3.8, 4) is 17.2 Å². The molecule has 1 atom stereocenters. The molecule has 186 valence electrons. The molecule has 4 aromatic rings. The number of para-hydroxylation sites is 1. The number of fused-ring (bicyclic) bond motifs is 1. The number of rotatable bonds is 10. The molecule has 7 heteroatoms. The summed E-state index contributed by atoms with van der Waals surface area (Å²) in [5.74, 6) is 1.31. The van der Waals surface area contributed by atoms with Crippen molar-refractivity contribution in [1.82, 2.24) is 4.57 Å². The van der Waals surface area contributed by atoms with Crippen molar-refractivity contribution in [2.75, 3.05) is 13.7 Å². The van der Waals surface area contributed by atoms with Gasteiger partial charge in [-0.3, -0.25) is 4.79 Å². The lowest BCUT2D eigenvalue weighted by molar-refractivity contribution is 0.0600. The first-order valence-corrected chi connectivity index (χ1v) is 11.7. The van der Waals surface area contributed by atoms with Gasteiger partial charge >= 0.3 is 5.97 Å². The van der Waals surface area contributed by atoms with Crippen LogP contribution in [0.3, 0.4) is 0 Å². The van der Waals surface area contributed by atoms with Crippen molar-refractivity contribution in [1.29, 1.82) is 0 Å². The first-order chi connectivity index (χ1) is 17.4. The average Bonchev–Trinajstić information content (AvgIpc) is 3.25. The predicted molar refractivity (Wildman–Crippen MR) is 137 cm³/mol. The summed E-state index contributed by atoms with van der Waals surface area (Å²) in [5.41, 5.74) is 1.62. The highest BCUT2D eigenvalue weighted by Crippen LogP contribution is 2.27. The van der Waals surface area contributed by atoms with E-state index in [9.17, 15) is 14.7 Å². The highest BCUT2D eigenvalue weighted by atomic mass is 16.5. The fraction of sp³-hybridized carbons (Fsp3) is 0.241. The maximum absolute atomic E-state index is 12.8. The number of hydrogen-bond donors (Lipinski definition) is 1. The van der Waals surface area contributed by atoms with E-state index in [0.29, 0.717) is 28.0 Å². The van der Waals surface area contributed by atoms with Gasteiger partial charge in [-0.25, -0.2) is 4.79 Å². The summed E-state index contributed by atoms with van der Waals surface area (Å²) in [4.78, 5) is 24.8. The molecular weight excluding hydrogens is 458 g/mol. The first-order valence-electron chi connectivity index (χ1n) is 11.7. The number of ether oxygens (including phenoxy) is 3. The molecule has 0 bridgehead atoms. The van der Waals surface area contributed by atoms with Crippen LogP contribution in [0.25, 0.3) is 10.9 Å². The molecule has 0 spiro atoms. The highest BCUT2D eigenvalue weighted by molar-refractivity contribution is 6.10. The summed E-state index contributed by atoms with van der Waals surface area (Å²) >= 11 is 0. The van der Waals surface area contributed by atoms with Crippen LogP contribution in [0, 0.1) is 5.92 Å². The third-order valence-corrected chi connectivity index (χ3v) is 5.74. The second kappa shape index (κ2) is 11.1. The fourth-order valence-electron chi connectivity index (χ4n) is 3.90. The predicted octanol–water partition coefficient (Wildman–Crippen LogP) is 5.50. The summed E-state index contributed by atoms with van der Waals surface area (Å²) in [6, 6.07) is 21.7. The zero-order chi connectivity index (χ0) is 25.7. The Balaban J connectivity index is 1.45. The van der Waals surface area contributed by atoms with Crippen molar-refractivity contribution < 1.29 is 28.9 Å². The number of ketones is 1. The minimum atomic E-state index is -0.830. The van der Waals surface area contributed by atoms with Gasteiger partial charge in [0.2, 0.25) is 0 Å². The van der Waals surface area contributed by atoms with Crippen LogP contribution >= 0.6 is 0 Å². The minimum Gasteiger partial charge on any atom is -0.491 e. The van der Waals surface area contributed by atoms with Crippen molar-refractivity contribution >= 4 is 22.7 Å². The van der Waals surface area contributed by atoms with Gasteiger partial charge in [-0.05, 0) is 54.6 Å². The number of hydrogen-bond acceptors (Lipinski definition) is 6. The Morgan fingerprint density at radius 2 is 1.58 bits per heavy atom. The Kier molecular flexibility index (Phi) is 7.71. The number of benzene rings is 3. The second-order valence-electron chi connectivity index (χ2n) is 8.79. The Bertz CT molecular complexity index is 1340. The smallest absolute Gasteiger partial charge is 0.337 e. The first kappa shape index (κ1) is 25.0. The third-order valence-electron chi connectivity index (χ3n) is 5.74. The Morgan fingerprint density at radius 3 is 2.25 bits per heavy atom. The number of methoxy groups -OCH3 is 1. The van der Waals surface area contributed by atoms with Crippen molar-refractivity contribution in [3.63, 3.8) is 0 Å². The normalized spacial score (nSPS) is 11.9. The molecule has 36 heavy (non-hydrogen) atoms. The molecule has 0 saturated heterocycles. The number of aliphatic hydroxyl groups is 1. The monoisotopic (exact) mass is 487 g/mol. The van der Waals surface area contributed by atoms with E-state index in [1.807, 2.05) is 48.7 Å². The van der Waals surface area contributed by atoms with Gasteiger partial charge in [-0.1, -0.05) is 32.0 Å². The fourth-order valence-corrected chi connectivity index (χ4v) is 3.90. The van der Waals surface area contributed by atoms with Gasteiger partial charge in [0, 0.05) is 28.6 Å². The van der Waals surface area contributed by atoms with Crippen LogP contribution in [0.2, 0.25) is 0 Å². The third kappa shape index (κ3) is 5.75. The quantitative estimate of drug-likeness (QED) is 0.235. The van der Waals surface area contributed by atoms with E-state index < -0.39 is 12.1 Å². The topological polar surface area (TPSA) is 87.0 Å². The molecule has 7 nitrogen and oxygen atoms in total. The molecule has 1 aromatic heterocycles. The van der Waals surface area contributed by atoms with Gasteiger partial charge in [0.1, 0.15) is 30.0 Å². The molecule has 0 aliphatic rings. The maximum atomic E-state index is 12.8. The molecule has 0 aliphatic carbocycles. The van der Waals surface area contributed by atoms with Gasteiger partial charge in [0.15, 0.2) is 5.78 Å². The number of Topliss-reactive ketones (excluding diaryl/α,β-unsaturated/α-hetero) is 1. The second-order valence-corrected chi connectivity index (χ2v) is 8.79. The summed E-state index contributed by atoms with van der Waals surface area (Å²) in [5, 5.41) is 11.3. The van der Waals surface area contributed by atoms with Crippen LogP contribution in [0.15, 0.2) is 79.0 Å². The molecule has 0 aliphatic heterocycles. The molecule has 4 rings (SSSR count). The molecule has 0 saturated carbocycles. The van der Waals surface area contributed by atoms with Crippen molar-refractivity contribution in [2.24, 2.45) is 5.92 Å². The molecule has 1 unspecified atom stereocenters. The number of aliphatic hydroxyl groups excluding tert-OH is 1. The van der Waals surface area contributed by atoms with E-state index in [-0.39, 0.29) is 24.9 Å². The van der Waals surface area contributed by atoms with E-state index in [4.69, 9.17) is 14.2 Å². The van der Waals surface area contributed by atoms with Gasteiger partial charge < -0.3 is 23.9 Å². The van der Waals surface area contributed by atoms with Crippen LogP contribution in [-0.2, 0) is 11.3 Å². The standard InChI is InChI=1S/C29H29NO6/c1-19(2)28(32)26-17-30(27-14-9-20(15-25(26)27)29(33)34-3)16-21(31)18-35-22-10-12-24(13-11-22)36-23-7-5-4-6-8-23/h4-15,17,19,21,31H,16,18H2,1-3H3. The summed E-state index contributed by atoms with van der Waals surface area (Å²) in [6.07, 6.45) is 0.899. The molecule has 0 fully saturated rings. The van der Waals surface area contributed by atoms with Crippen LogP contribution in [0.4, 0.5) is 0 Å². The van der Waals surface area contributed by atoms with Crippen molar-refractivity contribution in [3.05, 3.63) is 90.1 Å². The zero-order valence-corrected chi connectivity index (χ0v) is 20.5. The molecule has 1 N–H and O–H groups in total. The van der Waals surface area contributed by atoms with Crippen LogP contribution in [0.1, 0.15) is 34.6 Å². The van der Waals surface area contributed by atoms with Gasteiger partial charge in [0.25, 0.3) is 0 Å². The lowest BCUT2D eigenvalue weighted by Gasteiger charge is -2.14. The largest absolute Gasteiger partial charge is 0.491 e. The zero-order valence-electron chi connectivity index (χ0n) is 20.5. The van der Waals surface area contributed by atoms with E-state index in [2.05, 4.69) is 0 Å². The van der Waals surface area contributed by atoms with E-state index >= 15 is 0 Å². The Labute approximate surface area is 209 Å². The van der Waals surface area contributed by atoms with E-state index in [0.717, 1.165) is 11.3 Å². The molecular formula is C29H29NO6. The van der Waals surface area contributed by atoms with Gasteiger partial charge in [-0.15, -0.1) is 0 Å². The van der Waals surface area contributed by atoms with Crippen LogP contribution in [0.5, 0.6) is 17.2 Å². The molecule has 3 aromatic carbocycles. The van der Waals surface area contributed by atoms with E-state index in [1.54, 1.807) is 48.7 Å². The highest BCUT2D eigenvalue weighted by Gasteiger charge is 2.20. The van der Waals surface area contributed by atoms with Crippen LogP contribution < -0.4 is 9.47 Å². The van der Waals surface area contributed by atoms with Gasteiger partial charge in [-0.2, -0.15) is 0 Å². The molecule has 0 radical (unpaired) electrons. The summed E-state index contributed by atoms with van der Waals surface area (Å²) in [6.45, 7) is 3.93. The lowest BCUT2D eigenvalue weighted by atomic mass is 10.00. The Morgan fingerprint density at radius 1 is 0.917 bits per heavy atom. The molecule has 0 amide bonds. The molecule has 1 heterocycles. The minimum absolute atomic E-state index is 0.0377. The summed E-state index contributed by atoms with van der Waals surface area (Å²) < 4.78 is 18.2. The number of nitrogens with zero attached hydrogens (tertiary/aromatic N) is 1. The number of aromatic nitrogens is 1. The number of esters is 1. The average molecular weight is 488 g/mol. The van der Waals surface area contributed by atoms with Crippen molar-refractivity contribution in [2.45, 2.75) is 26.5 Å². The Hall–Kier alpha value is -4.10.